The smallest absolute Gasteiger partial charge is 0.238 e. The van der Waals surface area contributed by atoms with Crippen LogP contribution in [0.15, 0.2) is 72.8 Å². The Labute approximate surface area is 182 Å². The Morgan fingerprint density at radius 3 is 2.19 bits per heavy atom. The van der Waals surface area contributed by atoms with Crippen LogP contribution < -0.4 is 20.1 Å². The number of nitrogens with one attached hydrogen (secondary N) is 2. The molecule has 0 aromatic heterocycles. The summed E-state index contributed by atoms with van der Waals surface area (Å²) in [5.41, 5.74) is 2.48. The van der Waals surface area contributed by atoms with E-state index in [1.807, 2.05) is 44.2 Å². The lowest BCUT2D eigenvalue weighted by Gasteiger charge is -2.20. The maximum atomic E-state index is 13.4. The maximum Gasteiger partial charge on any atom is 0.238 e. The third-order valence-corrected chi connectivity index (χ3v) is 4.63. The van der Waals surface area contributed by atoms with Gasteiger partial charge in [-0.05, 0) is 49.2 Å². The summed E-state index contributed by atoms with van der Waals surface area (Å²) in [6.45, 7) is 4.90. The highest BCUT2D eigenvalue weighted by Gasteiger charge is 2.16. The molecule has 3 aromatic rings. The van der Waals surface area contributed by atoms with Gasteiger partial charge in [-0.2, -0.15) is 0 Å². The van der Waals surface area contributed by atoms with E-state index in [1.54, 1.807) is 30.3 Å². The second kappa shape index (κ2) is 11.1. The van der Waals surface area contributed by atoms with Gasteiger partial charge in [0.05, 0.1) is 25.8 Å². The lowest BCUT2D eigenvalue weighted by Crippen LogP contribution is -2.32. The lowest BCUT2D eigenvalue weighted by atomic mass is 9.98. The number of carbonyl (C=O) groups is 1. The Morgan fingerprint density at radius 2 is 1.52 bits per heavy atom. The number of hydrogen-bond donors (Lipinski definition) is 2. The minimum Gasteiger partial charge on any atom is -0.490 e. The van der Waals surface area contributed by atoms with Crippen molar-refractivity contribution in [3.05, 3.63) is 89.7 Å². The molecule has 6 heteroatoms. The van der Waals surface area contributed by atoms with Crippen molar-refractivity contribution in [1.82, 2.24) is 5.32 Å². The molecule has 5 nitrogen and oxygen atoms in total. The van der Waals surface area contributed by atoms with Gasteiger partial charge in [0.1, 0.15) is 5.82 Å². The average Bonchev–Trinajstić information content (AvgIpc) is 2.78. The fraction of sp³-hybridized carbons (Fsp3) is 0.240. The molecule has 0 spiro atoms. The predicted molar refractivity (Wildman–Crippen MR) is 120 cm³/mol. The van der Waals surface area contributed by atoms with Gasteiger partial charge in [0.2, 0.25) is 5.91 Å². The first kappa shape index (κ1) is 22.3. The number of amides is 1. The molecule has 1 amide bonds. The van der Waals surface area contributed by atoms with E-state index < -0.39 is 0 Å². The van der Waals surface area contributed by atoms with Gasteiger partial charge in [-0.15, -0.1) is 0 Å². The molecule has 31 heavy (non-hydrogen) atoms. The van der Waals surface area contributed by atoms with Crippen molar-refractivity contribution in [2.24, 2.45) is 0 Å². The second-order valence-corrected chi connectivity index (χ2v) is 6.85. The molecule has 0 radical (unpaired) electrons. The van der Waals surface area contributed by atoms with Crippen molar-refractivity contribution in [1.29, 1.82) is 0 Å². The Hall–Kier alpha value is -3.38. The fourth-order valence-electron chi connectivity index (χ4n) is 3.26. The molecule has 0 saturated heterocycles. The molecule has 0 heterocycles. The molecular formula is C25H27FN2O3. The quantitative estimate of drug-likeness (QED) is 0.486. The van der Waals surface area contributed by atoms with Crippen molar-refractivity contribution in [3.63, 3.8) is 0 Å². The van der Waals surface area contributed by atoms with Gasteiger partial charge in [-0.1, -0.05) is 42.5 Å². The number of hydrogen-bond acceptors (Lipinski definition) is 4. The monoisotopic (exact) mass is 422 g/mol. The van der Waals surface area contributed by atoms with E-state index in [0.717, 1.165) is 11.1 Å². The summed E-state index contributed by atoms with van der Waals surface area (Å²) < 4.78 is 24.5. The molecule has 162 valence electrons. The summed E-state index contributed by atoms with van der Waals surface area (Å²) in [5.74, 6) is 0.730. The van der Waals surface area contributed by atoms with Crippen LogP contribution in [-0.4, -0.2) is 25.7 Å². The number of halogens is 1. The Balaban J connectivity index is 1.70. The minimum absolute atomic E-state index is 0.0775. The third-order valence-electron chi connectivity index (χ3n) is 4.63. The van der Waals surface area contributed by atoms with Crippen LogP contribution in [-0.2, 0) is 4.79 Å². The minimum atomic E-state index is -0.297. The van der Waals surface area contributed by atoms with Crippen LogP contribution in [0.2, 0.25) is 0 Å². The molecule has 3 aromatic carbocycles. The third kappa shape index (κ3) is 6.30. The molecule has 0 aliphatic heterocycles. The number of benzene rings is 3. The van der Waals surface area contributed by atoms with Gasteiger partial charge in [-0.3, -0.25) is 10.1 Å². The molecule has 3 rings (SSSR count). The van der Waals surface area contributed by atoms with E-state index >= 15 is 0 Å². The molecule has 0 aliphatic rings. The summed E-state index contributed by atoms with van der Waals surface area (Å²) >= 11 is 0. The highest BCUT2D eigenvalue weighted by Crippen LogP contribution is 2.30. The van der Waals surface area contributed by atoms with Crippen molar-refractivity contribution >= 4 is 11.6 Å². The van der Waals surface area contributed by atoms with Crippen LogP contribution >= 0.6 is 0 Å². The van der Waals surface area contributed by atoms with E-state index in [1.165, 1.54) is 12.1 Å². The zero-order valence-corrected chi connectivity index (χ0v) is 17.7. The van der Waals surface area contributed by atoms with Gasteiger partial charge in [-0.25, -0.2) is 4.39 Å². The second-order valence-electron chi connectivity index (χ2n) is 6.85. The topological polar surface area (TPSA) is 59.6 Å². The molecular weight excluding hydrogens is 395 g/mol. The normalized spacial score (nSPS) is 11.6. The summed E-state index contributed by atoms with van der Waals surface area (Å²) in [6.07, 6.45) is 0. The molecule has 1 unspecified atom stereocenters. The average molecular weight is 423 g/mol. The molecule has 1 atom stereocenters. The van der Waals surface area contributed by atoms with Crippen molar-refractivity contribution in [3.8, 4) is 11.5 Å². The molecule has 0 saturated carbocycles. The number of ether oxygens (including phenoxy) is 2. The largest absolute Gasteiger partial charge is 0.490 e. The fourth-order valence-corrected chi connectivity index (χ4v) is 3.26. The van der Waals surface area contributed by atoms with Gasteiger partial charge in [0.25, 0.3) is 0 Å². The van der Waals surface area contributed by atoms with Crippen LogP contribution in [0, 0.1) is 5.82 Å². The molecule has 0 fully saturated rings. The standard InChI is InChI=1S/C25H27FN2O3/c1-3-30-22-15-14-21(16-23(22)31-4-2)28-24(29)17-27-25(18-8-6-5-7-9-18)19-10-12-20(26)13-11-19/h5-16,25,27H,3-4,17H2,1-2H3,(H,28,29). The zero-order chi connectivity index (χ0) is 22.1. The van der Waals surface area contributed by atoms with Crippen LogP contribution in [0.4, 0.5) is 10.1 Å². The number of anilines is 1. The number of rotatable bonds is 10. The predicted octanol–water partition coefficient (Wildman–Crippen LogP) is 4.94. The zero-order valence-electron chi connectivity index (χ0n) is 17.7. The van der Waals surface area contributed by atoms with Gasteiger partial charge in [0, 0.05) is 11.8 Å². The summed E-state index contributed by atoms with van der Waals surface area (Å²) in [6, 6.07) is 21.1. The van der Waals surface area contributed by atoms with Crippen LogP contribution in [0.1, 0.15) is 31.0 Å². The first-order chi connectivity index (χ1) is 15.1. The Morgan fingerprint density at radius 1 is 0.871 bits per heavy atom. The van der Waals surface area contributed by atoms with Crippen LogP contribution in [0.5, 0.6) is 11.5 Å². The first-order valence-corrected chi connectivity index (χ1v) is 10.3. The van der Waals surface area contributed by atoms with E-state index in [-0.39, 0.29) is 24.3 Å². The highest BCUT2D eigenvalue weighted by atomic mass is 19.1. The van der Waals surface area contributed by atoms with E-state index in [0.29, 0.717) is 30.4 Å². The summed E-state index contributed by atoms with van der Waals surface area (Å²) in [7, 11) is 0. The van der Waals surface area contributed by atoms with Crippen LogP contribution in [0.25, 0.3) is 0 Å². The highest BCUT2D eigenvalue weighted by molar-refractivity contribution is 5.92. The van der Waals surface area contributed by atoms with Crippen LogP contribution in [0.3, 0.4) is 0 Å². The van der Waals surface area contributed by atoms with E-state index in [4.69, 9.17) is 9.47 Å². The Kier molecular flexibility index (Phi) is 8.01. The van der Waals surface area contributed by atoms with Crippen molar-refractivity contribution in [2.75, 3.05) is 25.1 Å². The molecule has 2 N–H and O–H groups in total. The summed E-state index contributed by atoms with van der Waals surface area (Å²) in [5, 5.41) is 6.15. The molecule has 0 aliphatic carbocycles. The lowest BCUT2D eigenvalue weighted by molar-refractivity contribution is -0.115. The Bertz CT molecular complexity index is 978. The molecule has 0 bridgehead atoms. The first-order valence-electron chi connectivity index (χ1n) is 10.3. The van der Waals surface area contributed by atoms with E-state index in [9.17, 15) is 9.18 Å². The van der Waals surface area contributed by atoms with Crippen molar-refractivity contribution in [2.45, 2.75) is 19.9 Å². The van der Waals surface area contributed by atoms with Gasteiger partial charge in [0.15, 0.2) is 11.5 Å². The van der Waals surface area contributed by atoms with Crippen molar-refractivity contribution < 1.29 is 18.7 Å². The van der Waals surface area contributed by atoms with Gasteiger partial charge < -0.3 is 14.8 Å². The van der Waals surface area contributed by atoms with E-state index in [2.05, 4.69) is 10.6 Å². The maximum absolute atomic E-state index is 13.4. The number of carbonyl (C=O) groups excluding carboxylic acids is 1. The SMILES string of the molecule is CCOc1ccc(NC(=O)CNC(c2ccccc2)c2ccc(F)cc2)cc1OCC. The summed E-state index contributed by atoms with van der Waals surface area (Å²) in [4.78, 5) is 12.6. The van der Waals surface area contributed by atoms with Gasteiger partial charge >= 0.3 is 0 Å².